The predicted octanol–water partition coefficient (Wildman–Crippen LogP) is 3.57. The Balaban J connectivity index is 1.51. The van der Waals surface area contributed by atoms with Gasteiger partial charge in [0.1, 0.15) is 12.0 Å². The first kappa shape index (κ1) is 23.7. The Labute approximate surface area is 193 Å². The molecule has 1 unspecified atom stereocenters. The Morgan fingerprint density at radius 2 is 2.03 bits per heavy atom. The second kappa shape index (κ2) is 9.80. The predicted molar refractivity (Wildman–Crippen MR) is 119 cm³/mol. The number of piperidine rings is 1. The van der Waals surface area contributed by atoms with Gasteiger partial charge in [-0.05, 0) is 37.1 Å². The Morgan fingerprint density at radius 1 is 1.24 bits per heavy atom. The summed E-state index contributed by atoms with van der Waals surface area (Å²) in [5, 5.41) is 7.43. The minimum atomic E-state index is -2.49. The fraction of sp³-hybridized carbons (Fsp3) is 0.348. The maximum Gasteiger partial charge on any atom is 0.251 e. The van der Waals surface area contributed by atoms with E-state index < -0.39 is 36.9 Å². The van der Waals surface area contributed by atoms with Gasteiger partial charge < -0.3 is 11.1 Å². The lowest BCUT2D eigenvalue weighted by Crippen LogP contribution is -2.49. The van der Waals surface area contributed by atoms with Crippen LogP contribution in [0.15, 0.2) is 43.0 Å². The average Bonchev–Trinajstić information content (AvgIpc) is 3.25. The van der Waals surface area contributed by atoms with Crippen molar-refractivity contribution in [3.8, 4) is 16.8 Å². The number of hydrogen-bond donors (Lipinski definition) is 2. The lowest BCUT2D eigenvalue weighted by molar-refractivity contribution is 0.0522. The minimum absolute atomic E-state index is 0.0494. The Hall–Kier alpha value is -3.47. The summed E-state index contributed by atoms with van der Waals surface area (Å²) in [7, 11) is 0. The molecule has 7 nitrogen and oxygen atoms in total. The molecule has 0 spiro atoms. The maximum atomic E-state index is 14.6. The first-order valence-electron chi connectivity index (χ1n) is 10.7. The third kappa shape index (κ3) is 5.19. The van der Waals surface area contributed by atoms with Crippen LogP contribution in [-0.2, 0) is 0 Å². The van der Waals surface area contributed by atoms with E-state index >= 15 is 0 Å². The highest BCUT2D eigenvalue weighted by atomic mass is 19.3. The normalized spacial score (nSPS) is 18.9. The highest BCUT2D eigenvalue weighted by Gasteiger charge is 2.30. The lowest BCUT2D eigenvalue weighted by Gasteiger charge is -2.35. The molecule has 3 aromatic rings. The van der Waals surface area contributed by atoms with Crippen LogP contribution in [0.25, 0.3) is 16.8 Å². The van der Waals surface area contributed by atoms with Crippen LogP contribution >= 0.6 is 0 Å². The highest BCUT2D eigenvalue weighted by molar-refractivity contribution is 5.93. The molecular weight excluding hydrogens is 452 g/mol. The molecular formula is C23H24F4N6O. The summed E-state index contributed by atoms with van der Waals surface area (Å²) in [5.74, 6) is -1.57. The van der Waals surface area contributed by atoms with Crippen molar-refractivity contribution in [2.45, 2.75) is 32.0 Å². The Morgan fingerprint density at radius 3 is 2.74 bits per heavy atom. The molecule has 1 fully saturated rings. The molecule has 0 bridgehead atoms. The topological polar surface area (TPSA) is 89.1 Å². The van der Waals surface area contributed by atoms with Crippen LogP contribution in [0.3, 0.4) is 0 Å². The molecule has 2 aromatic heterocycles. The highest BCUT2D eigenvalue weighted by Crippen LogP contribution is 2.26. The van der Waals surface area contributed by atoms with Crippen LogP contribution in [-0.4, -0.2) is 63.8 Å². The molecule has 11 heteroatoms. The fourth-order valence-electron chi connectivity index (χ4n) is 4.08. The Bertz CT molecular complexity index is 1180. The largest absolute Gasteiger partial charge is 0.378 e. The van der Waals surface area contributed by atoms with E-state index in [1.54, 1.807) is 37.8 Å². The number of aromatic nitrogens is 3. The summed E-state index contributed by atoms with van der Waals surface area (Å²) in [4.78, 5) is 17.1. The lowest BCUT2D eigenvalue weighted by atomic mass is 10.0. The summed E-state index contributed by atoms with van der Waals surface area (Å²) in [5.41, 5.74) is 8.08. The third-order valence-corrected chi connectivity index (χ3v) is 5.83. The number of amides is 1. The van der Waals surface area contributed by atoms with Crippen molar-refractivity contribution in [3.63, 3.8) is 0 Å². The fourth-order valence-corrected chi connectivity index (χ4v) is 4.08. The molecule has 1 saturated heterocycles. The monoisotopic (exact) mass is 476 g/mol. The number of nitrogens with two attached hydrogens (primary N) is 1. The standard InChI is InChI=1S/C23H24F4N6O/c1-13-4-18(24)17(23(28)34)6-21(13)33-10-15(8-30-33)14-5-16(9-29-7-14)31-20-2-3-32(11-19(20)25)12-22(26)27/h4-10,19-20,22,31H,2-3,11-12H2,1H3,(H2,28,34)/t19-,20?/m1/s1. The van der Waals surface area contributed by atoms with Crippen LogP contribution in [0.5, 0.6) is 0 Å². The number of carbonyl (C=O) groups excluding carboxylic acids is 1. The smallest absolute Gasteiger partial charge is 0.251 e. The molecule has 1 aliphatic heterocycles. The second-order valence-electron chi connectivity index (χ2n) is 8.32. The van der Waals surface area contributed by atoms with E-state index in [9.17, 15) is 22.4 Å². The minimum Gasteiger partial charge on any atom is -0.378 e. The number of anilines is 1. The quantitative estimate of drug-likeness (QED) is 0.509. The van der Waals surface area contributed by atoms with Crippen molar-refractivity contribution in [2.24, 2.45) is 5.73 Å². The zero-order valence-corrected chi connectivity index (χ0v) is 18.4. The summed E-state index contributed by atoms with van der Waals surface area (Å²) in [6.45, 7) is 1.60. The molecule has 3 heterocycles. The molecule has 3 N–H and O–H groups in total. The average molecular weight is 476 g/mol. The maximum absolute atomic E-state index is 14.6. The van der Waals surface area contributed by atoms with Gasteiger partial charge in [-0.25, -0.2) is 22.2 Å². The number of nitrogens with one attached hydrogen (secondary N) is 1. The molecule has 4 rings (SSSR count). The van der Waals surface area contributed by atoms with E-state index in [0.717, 1.165) is 0 Å². The van der Waals surface area contributed by atoms with Crippen LogP contribution < -0.4 is 11.1 Å². The second-order valence-corrected chi connectivity index (χ2v) is 8.32. The SMILES string of the molecule is Cc1cc(F)c(C(N)=O)cc1-n1cc(-c2cncc(NC3CCN(CC(F)F)C[C@H]3F)c2)cn1. The van der Waals surface area contributed by atoms with E-state index in [-0.39, 0.29) is 12.1 Å². The summed E-state index contributed by atoms with van der Waals surface area (Å²) >= 11 is 0. The van der Waals surface area contributed by atoms with Crippen LogP contribution in [0.4, 0.5) is 23.2 Å². The van der Waals surface area contributed by atoms with E-state index in [4.69, 9.17) is 5.73 Å². The number of benzene rings is 1. The van der Waals surface area contributed by atoms with E-state index in [2.05, 4.69) is 15.4 Å². The number of carbonyl (C=O) groups is 1. The molecule has 1 aliphatic rings. The number of hydrogen-bond acceptors (Lipinski definition) is 5. The van der Waals surface area contributed by atoms with Gasteiger partial charge in [-0.2, -0.15) is 5.10 Å². The van der Waals surface area contributed by atoms with Gasteiger partial charge >= 0.3 is 0 Å². The molecule has 1 amide bonds. The van der Waals surface area contributed by atoms with Crippen LogP contribution in [0.1, 0.15) is 22.3 Å². The number of alkyl halides is 3. The summed E-state index contributed by atoms with van der Waals surface area (Å²) in [6, 6.07) is 3.85. The first-order valence-corrected chi connectivity index (χ1v) is 10.7. The van der Waals surface area contributed by atoms with Gasteiger partial charge in [-0.3, -0.25) is 14.7 Å². The first-order chi connectivity index (χ1) is 16.2. The zero-order chi connectivity index (χ0) is 24.4. The number of primary amides is 1. The molecule has 34 heavy (non-hydrogen) atoms. The van der Waals surface area contributed by atoms with Crippen molar-refractivity contribution in [2.75, 3.05) is 25.0 Å². The van der Waals surface area contributed by atoms with Crippen LogP contribution in [0, 0.1) is 12.7 Å². The zero-order valence-electron chi connectivity index (χ0n) is 18.4. The van der Waals surface area contributed by atoms with E-state index in [1.165, 1.54) is 21.7 Å². The van der Waals surface area contributed by atoms with Gasteiger partial charge in [0.25, 0.3) is 12.3 Å². The van der Waals surface area contributed by atoms with Gasteiger partial charge in [-0.1, -0.05) is 0 Å². The molecule has 2 atom stereocenters. The van der Waals surface area contributed by atoms with E-state index in [0.29, 0.717) is 41.0 Å². The summed E-state index contributed by atoms with van der Waals surface area (Å²) in [6.07, 6.45) is 3.09. The molecule has 1 aromatic carbocycles. The number of pyridine rings is 1. The van der Waals surface area contributed by atoms with Gasteiger partial charge in [0.15, 0.2) is 0 Å². The van der Waals surface area contributed by atoms with Crippen molar-refractivity contribution in [1.29, 1.82) is 0 Å². The number of aryl methyl sites for hydroxylation is 1. The van der Waals surface area contributed by atoms with Gasteiger partial charge in [0.2, 0.25) is 0 Å². The third-order valence-electron chi connectivity index (χ3n) is 5.83. The molecule has 180 valence electrons. The van der Waals surface area contributed by atoms with Crippen molar-refractivity contribution < 1.29 is 22.4 Å². The molecule has 0 saturated carbocycles. The number of rotatable bonds is 7. The van der Waals surface area contributed by atoms with Crippen LogP contribution in [0.2, 0.25) is 0 Å². The summed E-state index contributed by atoms with van der Waals surface area (Å²) < 4.78 is 55.2. The van der Waals surface area contributed by atoms with Crippen molar-refractivity contribution in [3.05, 3.63) is 59.9 Å². The van der Waals surface area contributed by atoms with E-state index in [1.807, 2.05) is 0 Å². The number of likely N-dealkylation sites (tertiary alicyclic amines) is 1. The Kier molecular flexibility index (Phi) is 6.82. The molecule has 0 aliphatic carbocycles. The number of halogens is 4. The van der Waals surface area contributed by atoms with Gasteiger partial charge in [0.05, 0.1) is 35.7 Å². The molecule has 0 radical (unpaired) electrons. The van der Waals surface area contributed by atoms with Crippen molar-refractivity contribution in [1.82, 2.24) is 19.7 Å². The van der Waals surface area contributed by atoms with Gasteiger partial charge in [-0.15, -0.1) is 0 Å². The van der Waals surface area contributed by atoms with Crippen molar-refractivity contribution >= 4 is 11.6 Å². The number of nitrogens with zero attached hydrogens (tertiary/aromatic N) is 4. The van der Waals surface area contributed by atoms with Gasteiger partial charge in [0, 0.05) is 42.8 Å².